The van der Waals surface area contributed by atoms with E-state index in [1.807, 2.05) is 12.1 Å². The molecule has 1 aromatic heterocycles. The third-order valence-electron chi connectivity index (χ3n) is 7.62. The molecule has 1 saturated carbocycles. The number of amides is 2. The van der Waals surface area contributed by atoms with E-state index in [0.717, 1.165) is 18.4 Å². The molecule has 0 radical (unpaired) electrons. The highest BCUT2D eigenvalue weighted by Crippen LogP contribution is 2.48. The molecule has 3 aromatic rings. The monoisotopic (exact) mass is 705 g/mol. The topological polar surface area (TPSA) is 157 Å². The lowest BCUT2D eigenvalue weighted by Gasteiger charge is -2.27. The second-order valence-electron chi connectivity index (χ2n) is 12.7. The van der Waals surface area contributed by atoms with Gasteiger partial charge in [-0.15, -0.1) is 0 Å². The van der Waals surface area contributed by atoms with Gasteiger partial charge in [0.2, 0.25) is 11.9 Å². The van der Waals surface area contributed by atoms with Crippen LogP contribution in [0.5, 0.6) is 6.01 Å². The molecule has 0 unspecified atom stereocenters. The van der Waals surface area contributed by atoms with Gasteiger partial charge in [0.05, 0.1) is 12.6 Å². The van der Waals surface area contributed by atoms with Crippen LogP contribution in [0.1, 0.15) is 56.0 Å². The number of methoxy groups -OCH3 is 1. The molecule has 1 aliphatic carbocycles. The quantitative estimate of drug-likeness (QED) is 0.226. The zero-order valence-corrected chi connectivity index (χ0v) is 27.8. The summed E-state index contributed by atoms with van der Waals surface area (Å²) in [4.78, 5) is 51.9. The largest absolute Gasteiger partial charge is 0.467 e. The predicted octanol–water partition coefficient (Wildman–Crippen LogP) is 5.59. The number of rotatable bonds is 10. The summed E-state index contributed by atoms with van der Waals surface area (Å²) in [6.07, 6.45) is -3.72. The van der Waals surface area contributed by atoms with E-state index in [2.05, 4.69) is 30.9 Å². The molecule has 5 rings (SSSR count). The second kappa shape index (κ2) is 13.9. The Kier molecular flexibility index (Phi) is 10.1. The molecule has 17 heteroatoms. The molecule has 0 spiro atoms. The smallest absolute Gasteiger partial charge is 0.422 e. The van der Waals surface area contributed by atoms with Crippen molar-refractivity contribution in [3.8, 4) is 6.01 Å². The van der Waals surface area contributed by atoms with Gasteiger partial charge in [-0.3, -0.25) is 9.69 Å². The van der Waals surface area contributed by atoms with Crippen LogP contribution in [-0.2, 0) is 19.8 Å². The van der Waals surface area contributed by atoms with E-state index in [1.165, 1.54) is 24.1 Å². The van der Waals surface area contributed by atoms with Crippen LogP contribution in [0, 0.1) is 0 Å². The maximum atomic E-state index is 13.1. The minimum absolute atomic E-state index is 0.000343. The van der Waals surface area contributed by atoms with Gasteiger partial charge in [0.25, 0.3) is 5.91 Å². The lowest BCUT2D eigenvalue weighted by Crippen LogP contribution is -2.44. The van der Waals surface area contributed by atoms with Crippen LogP contribution in [0.25, 0.3) is 0 Å². The summed E-state index contributed by atoms with van der Waals surface area (Å²) < 4.78 is 53.9. The van der Waals surface area contributed by atoms with Crippen LogP contribution >= 0.6 is 11.6 Å². The molecule has 2 aromatic carbocycles. The number of ether oxygens (including phenoxy) is 3. The van der Waals surface area contributed by atoms with Crippen molar-refractivity contribution >= 4 is 47.2 Å². The predicted molar refractivity (Wildman–Crippen MR) is 172 cm³/mol. The average molecular weight is 706 g/mol. The van der Waals surface area contributed by atoms with Crippen molar-refractivity contribution < 1.29 is 41.8 Å². The fraction of sp³-hybridized carbons (Fsp3) is 0.438. The van der Waals surface area contributed by atoms with Gasteiger partial charge in [-0.05, 0) is 75.6 Å². The number of benzene rings is 2. The Morgan fingerprint density at radius 1 is 0.980 bits per heavy atom. The van der Waals surface area contributed by atoms with Crippen molar-refractivity contribution in [1.29, 1.82) is 0 Å². The van der Waals surface area contributed by atoms with Crippen LogP contribution in [0.4, 0.5) is 35.5 Å². The summed E-state index contributed by atoms with van der Waals surface area (Å²) in [7, 11) is 1.22. The minimum atomic E-state index is -4.61. The lowest BCUT2D eigenvalue weighted by molar-refractivity contribution is -0.154. The number of alkyl halides is 3. The number of nitrogens with zero attached hydrogens (tertiary/aromatic N) is 4. The third kappa shape index (κ3) is 9.40. The van der Waals surface area contributed by atoms with Crippen LogP contribution < -0.4 is 20.7 Å². The standard InChI is InChI=1S/C32H35ClF3N7O6/c1-30(2,3)49-29(46)43-16-22(15-23(43)25(45)47-4)37-24(44)18-5-11-21(12-6-18)38-26-39-27(41-28(40-26)48-17-32(34,35)36)42-31(13-14-31)19-7-9-20(33)10-8-19/h5-12,22-23H,13-17H2,1-4H3,(H,37,44)(H2,38,39,40,41,42)/t22-,23+/m1/s1. The number of halogens is 4. The van der Waals surface area contributed by atoms with Gasteiger partial charge in [0.1, 0.15) is 11.6 Å². The number of anilines is 3. The van der Waals surface area contributed by atoms with Gasteiger partial charge in [-0.1, -0.05) is 23.7 Å². The molecular formula is C32H35ClF3N7O6. The average Bonchev–Trinajstić information content (AvgIpc) is 3.68. The Morgan fingerprint density at radius 2 is 1.63 bits per heavy atom. The lowest BCUT2D eigenvalue weighted by atomic mass is 10.1. The Hall–Kier alpha value is -4.86. The van der Waals surface area contributed by atoms with Crippen molar-refractivity contribution in [2.45, 2.75) is 69.4 Å². The number of carbonyl (C=O) groups is 3. The molecule has 262 valence electrons. The first-order chi connectivity index (χ1) is 23.0. The first-order valence-corrected chi connectivity index (χ1v) is 15.7. The van der Waals surface area contributed by atoms with Crippen molar-refractivity contribution in [1.82, 2.24) is 25.2 Å². The first kappa shape index (κ1) is 35.4. The molecule has 0 bridgehead atoms. The van der Waals surface area contributed by atoms with Crippen LogP contribution in [0.2, 0.25) is 5.02 Å². The van der Waals surface area contributed by atoms with E-state index in [0.29, 0.717) is 10.7 Å². The van der Waals surface area contributed by atoms with Crippen molar-refractivity contribution in [3.63, 3.8) is 0 Å². The number of aromatic nitrogens is 3. The van der Waals surface area contributed by atoms with Gasteiger partial charge in [0, 0.05) is 35.3 Å². The van der Waals surface area contributed by atoms with E-state index in [1.54, 1.807) is 45.0 Å². The fourth-order valence-electron chi connectivity index (χ4n) is 5.20. The summed E-state index contributed by atoms with van der Waals surface area (Å²) in [5.41, 5.74) is 0.274. The van der Waals surface area contributed by atoms with Crippen LogP contribution in [-0.4, -0.2) is 81.9 Å². The summed E-state index contributed by atoms with van der Waals surface area (Å²) >= 11 is 6.03. The number of hydrogen-bond donors (Lipinski definition) is 3. The molecule has 13 nitrogen and oxygen atoms in total. The van der Waals surface area contributed by atoms with E-state index < -0.39 is 60.0 Å². The Bertz CT molecular complexity index is 1680. The first-order valence-electron chi connectivity index (χ1n) is 15.3. The Balaban J connectivity index is 1.27. The highest BCUT2D eigenvalue weighted by molar-refractivity contribution is 6.30. The Labute approximate surface area is 284 Å². The van der Waals surface area contributed by atoms with E-state index in [4.69, 9.17) is 25.8 Å². The molecule has 2 fully saturated rings. The van der Waals surface area contributed by atoms with Crippen molar-refractivity contribution in [2.24, 2.45) is 0 Å². The minimum Gasteiger partial charge on any atom is -0.467 e. The molecule has 2 amide bonds. The number of hydrogen-bond acceptors (Lipinski definition) is 11. The third-order valence-corrected chi connectivity index (χ3v) is 7.87. The highest BCUT2D eigenvalue weighted by Gasteiger charge is 2.45. The summed E-state index contributed by atoms with van der Waals surface area (Å²) in [5, 5.41) is 9.51. The molecule has 1 saturated heterocycles. The molecule has 3 N–H and O–H groups in total. The second-order valence-corrected chi connectivity index (χ2v) is 13.1. The maximum Gasteiger partial charge on any atom is 0.422 e. The molecule has 49 heavy (non-hydrogen) atoms. The van der Waals surface area contributed by atoms with Crippen molar-refractivity contribution in [2.75, 3.05) is 30.9 Å². The zero-order valence-electron chi connectivity index (χ0n) is 27.1. The number of nitrogens with one attached hydrogen (secondary N) is 3. The number of carbonyl (C=O) groups excluding carboxylic acids is 3. The summed E-state index contributed by atoms with van der Waals surface area (Å²) in [6, 6.07) is 11.3. The van der Waals surface area contributed by atoms with Gasteiger partial charge in [-0.25, -0.2) is 9.59 Å². The molecule has 1 aliphatic heterocycles. The number of likely N-dealkylation sites (tertiary alicyclic amines) is 1. The maximum absolute atomic E-state index is 13.1. The van der Waals surface area contributed by atoms with Gasteiger partial charge in [-0.2, -0.15) is 28.1 Å². The highest BCUT2D eigenvalue weighted by atomic mass is 35.5. The van der Waals surface area contributed by atoms with E-state index >= 15 is 0 Å². The molecular weight excluding hydrogens is 671 g/mol. The fourth-order valence-corrected chi connectivity index (χ4v) is 5.32. The normalized spacial score (nSPS) is 18.3. The Morgan fingerprint density at radius 3 is 2.22 bits per heavy atom. The van der Waals surface area contributed by atoms with Crippen LogP contribution in [0.15, 0.2) is 48.5 Å². The van der Waals surface area contributed by atoms with E-state index in [9.17, 15) is 27.6 Å². The molecule has 2 heterocycles. The zero-order chi connectivity index (χ0) is 35.6. The van der Waals surface area contributed by atoms with Gasteiger partial charge in [0.15, 0.2) is 6.61 Å². The molecule has 2 atom stereocenters. The summed E-state index contributed by atoms with van der Waals surface area (Å²) in [5.74, 6) is -1.18. The van der Waals surface area contributed by atoms with E-state index in [-0.39, 0.29) is 30.4 Å². The SMILES string of the molecule is COC(=O)[C@@H]1C[C@@H](NC(=O)c2ccc(Nc3nc(NC4(c5ccc(Cl)cc5)CC4)nc(OCC(F)(F)F)n3)cc2)CN1C(=O)OC(C)(C)C. The summed E-state index contributed by atoms with van der Waals surface area (Å²) in [6.45, 7) is 3.55. The van der Waals surface area contributed by atoms with Crippen molar-refractivity contribution in [3.05, 3.63) is 64.7 Å². The number of esters is 1. The molecule has 2 aliphatic rings. The van der Waals surface area contributed by atoms with Gasteiger partial charge >= 0.3 is 24.2 Å². The van der Waals surface area contributed by atoms with Gasteiger partial charge < -0.3 is 30.2 Å². The van der Waals surface area contributed by atoms with Crippen LogP contribution in [0.3, 0.4) is 0 Å².